The van der Waals surface area contributed by atoms with Gasteiger partial charge in [0.05, 0.1) is 25.2 Å². The second-order valence-electron chi connectivity index (χ2n) is 5.83. The number of aliphatic hydroxyl groups is 1. The van der Waals surface area contributed by atoms with Crippen molar-refractivity contribution in [2.45, 2.75) is 38.1 Å². The summed E-state index contributed by atoms with van der Waals surface area (Å²) in [6.45, 7) is 3.78. The monoisotopic (exact) mass is 277 g/mol. The number of nitrogens with one attached hydrogen (secondary N) is 1. The van der Waals surface area contributed by atoms with E-state index in [1.165, 1.54) is 0 Å². The van der Waals surface area contributed by atoms with Crippen LogP contribution in [0.1, 0.15) is 38.2 Å². The lowest BCUT2D eigenvalue weighted by Crippen LogP contribution is -2.51. The van der Waals surface area contributed by atoms with Gasteiger partial charge in [-0.05, 0) is 50.3 Å². The van der Waals surface area contributed by atoms with Crippen LogP contribution >= 0.6 is 0 Å². The maximum absolute atomic E-state index is 12.4. The Hall–Kier alpha value is -1.55. The van der Waals surface area contributed by atoms with Gasteiger partial charge >= 0.3 is 0 Å². The first-order chi connectivity index (χ1) is 9.50. The van der Waals surface area contributed by atoms with Crippen molar-refractivity contribution in [2.75, 3.05) is 13.7 Å². The van der Waals surface area contributed by atoms with E-state index in [1.54, 1.807) is 7.11 Å². The summed E-state index contributed by atoms with van der Waals surface area (Å²) < 4.78 is 5.11. The number of amides is 1. The molecule has 0 aliphatic heterocycles. The molecule has 1 aliphatic rings. The molecule has 0 bridgehead atoms. The smallest absolute Gasteiger partial charge is 0.227 e. The standard InChI is InChI=1S/C16H23NO3/c1-11(12-4-8-14(20-3)9-5-12)15(19)17-16(2,10-18)13-6-7-13/h4-5,8-9,11,13,18H,6-7,10H2,1-3H3,(H,17,19). The number of hydrogen-bond acceptors (Lipinski definition) is 3. The van der Waals surface area contributed by atoms with Crippen molar-refractivity contribution >= 4 is 5.91 Å². The van der Waals surface area contributed by atoms with Crippen LogP contribution in [0.15, 0.2) is 24.3 Å². The number of carbonyl (C=O) groups is 1. The van der Waals surface area contributed by atoms with Crippen LogP contribution in [0.5, 0.6) is 5.75 Å². The predicted octanol–water partition coefficient (Wildman–Crippen LogP) is 2.08. The van der Waals surface area contributed by atoms with Crippen molar-refractivity contribution in [1.29, 1.82) is 0 Å². The molecule has 1 fully saturated rings. The SMILES string of the molecule is COc1ccc(C(C)C(=O)NC(C)(CO)C2CC2)cc1. The zero-order valence-corrected chi connectivity index (χ0v) is 12.3. The van der Waals surface area contributed by atoms with E-state index in [9.17, 15) is 9.90 Å². The quantitative estimate of drug-likeness (QED) is 0.837. The molecule has 2 atom stereocenters. The Kier molecular flexibility index (Phi) is 4.33. The van der Waals surface area contributed by atoms with Gasteiger partial charge in [-0.3, -0.25) is 4.79 Å². The van der Waals surface area contributed by atoms with E-state index in [-0.39, 0.29) is 18.4 Å². The summed E-state index contributed by atoms with van der Waals surface area (Å²) in [4.78, 5) is 12.4. The molecule has 4 nitrogen and oxygen atoms in total. The van der Waals surface area contributed by atoms with Gasteiger partial charge in [-0.2, -0.15) is 0 Å². The average molecular weight is 277 g/mol. The molecular formula is C16H23NO3. The average Bonchev–Trinajstić information content (AvgIpc) is 3.31. The summed E-state index contributed by atoms with van der Waals surface area (Å²) in [5, 5.41) is 12.5. The largest absolute Gasteiger partial charge is 0.497 e. The van der Waals surface area contributed by atoms with E-state index in [2.05, 4.69) is 5.32 Å². The second-order valence-corrected chi connectivity index (χ2v) is 5.83. The first kappa shape index (κ1) is 14.9. The molecule has 4 heteroatoms. The molecule has 20 heavy (non-hydrogen) atoms. The Bertz CT molecular complexity index is 467. The molecule has 1 amide bonds. The molecule has 1 aromatic rings. The van der Waals surface area contributed by atoms with Gasteiger partial charge in [0, 0.05) is 0 Å². The van der Waals surface area contributed by atoms with Gasteiger partial charge in [0.15, 0.2) is 0 Å². The van der Waals surface area contributed by atoms with Crippen molar-refractivity contribution in [3.63, 3.8) is 0 Å². The third kappa shape index (κ3) is 3.12. The van der Waals surface area contributed by atoms with Crippen molar-refractivity contribution in [3.05, 3.63) is 29.8 Å². The maximum Gasteiger partial charge on any atom is 0.227 e. The van der Waals surface area contributed by atoms with E-state index >= 15 is 0 Å². The highest BCUT2D eigenvalue weighted by molar-refractivity contribution is 5.84. The zero-order chi connectivity index (χ0) is 14.8. The van der Waals surface area contributed by atoms with E-state index < -0.39 is 5.54 Å². The Labute approximate surface area is 120 Å². The third-order valence-electron chi connectivity index (χ3n) is 4.22. The first-order valence-corrected chi connectivity index (χ1v) is 7.07. The second kappa shape index (κ2) is 5.83. The molecule has 1 aromatic carbocycles. The Balaban J connectivity index is 2.03. The van der Waals surface area contributed by atoms with Gasteiger partial charge in [-0.25, -0.2) is 0 Å². The van der Waals surface area contributed by atoms with Crippen LogP contribution in [-0.4, -0.2) is 30.3 Å². The molecule has 0 heterocycles. The Morgan fingerprint density at radius 3 is 2.50 bits per heavy atom. The molecule has 2 N–H and O–H groups in total. The molecule has 2 rings (SSSR count). The minimum absolute atomic E-state index is 0.0151. The molecular weight excluding hydrogens is 254 g/mol. The number of ether oxygens (including phenoxy) is 1. The van der Waals surface area contributed by atoms with Crippen LogP contribution < -0.4 is 10.1 Å². The molecule has 1 aliphatic carbocycles. The van der Waals surface area contributed by atoms with E-state index in [0.717, 1.165) is 24.2 Å². The Morgan fingerprint density at radius 2 is 2.05 bits per heavy atom. The minimum Gasteiger partial charge on any atom is -0.497 e. The van der Waals surface area contributed by atoms with E-state index in [4.69, 9.17) is 4.74 Å². The topological polar surface area (TPSA) is 58.6 Å². The summed E-state index contributed by atoms with van der Waals surface area (Å²) >= 11 is 0. The highest BCUT2D eigenvalue weighted by atomic mass is 16.5. The van der Waals surface area contributed by atoms with Crippen LogP contribution in [0.25, 0.3) is 0 Å². The van der Waals surface area contributed by atoms with Gasteiger partial charge in [0.25, 0.3) is 0 Å². The lowest BCUT2D eigenvalue weighted by Gasteiger charge is -2.30. The Morgan fingerprint density at radius 1 is 1.45 bits per heavy atom. The molecule has 0 spiro atoms. The normalized spacial score (nSPS) is 19.0. The van der Waals surface area contributed by atoms with Crippen LogP contribution in [-0.2, 0) is 4.79 Å². The van der Waals surface area contributed by atoms with E-state index in [1.807, 2.05) is 38.1 Å². The lowest BCUT2D eigenvalue weighted by molar-refractivity contribution is -0.124. The summed E-state index contributed by atoms with van der Waals surface area (Å²) in [6.07, 6.45) is 2.16. The highest BCUT2D eigenvalue weighted by Gasteiger charge is 2.42. The van der Waals surface area contributed by atoms with Gasteiger partial charge in [-0.1, -0.05) is 12.1 Å². The predicted molar refractivity (Wildman–Crippen MR) is 77.8 cm³/mol. The minimum atomic E-state index is -0.488. The van der Waals surface area contributed by atoms with Crippen molar-refractivity contribution in [2.24, 2.45) is 5.92 Å². The summed E-state index contributed by atoms with van der Waals surface area (Å²) in [7, 11) is 1.62. The van der Waals surface area contributed by atoms with Crippen LogP contribution in [0, 0.1) is 5.92 Å². The molecule has 0 saturated heterocycles. The molecule has 0 radical (unpaired) electrons. The number of rotatable bonds is 6. The first-order valence-electron chi connectivity index (χ1n) is 7.07. The van der Waals surface area contributed by atoms with Crippen molar-refractivity contribution < 1.29 is 14.6 Å². The number of hydrogen-bond donors (Lipinski definition) is 2. The zero-order valence-electron chi connectivity index (χ0n) is 12.3. The summed E-state index contributed by atoms with van der Waals surface area (Å²) in [5.41, 5.74) is 0.456. The van der Waals surface area contributed by atoms with Gasteiger partial charge in [0.1, 0.15) is 5.75 Å². The van der Waals surface area contributed by atoms with Crippen molar-refractivity contribution in [3.8, 4) is 5.75 Å². The number of methoxy groups -OCH3 is 1. The van der Waals surface area contributed by atoms with E-state index in [0.29, 0.717) is 5.92 Å². The van der Waals surface area contributed by atoms with Crippen LogP contribution in [0.2, 0.25) is 0 Å². The van der Waals surface area contributed by atoms with Crippen molar-refractivity contribution in [1.82, 2.24) is 5.32 Å². The molecule has 110 valence electrons. The fraction of sp³-hybridized carbons (Fsp3) is 0.562. The fourth-order valence-corrected chi connectivity index (χ4v) is 2.42. The summed E-state index contributed by atoms with van der Waals surface area (Å²) in [5.74, 6) is 0.892. The van der Waals surface area contributed by atoms with Gasteiger partial charge in [0.2, 0.25) is 5.91 Å². The highest BCUT2D eigenvalue weighted by Crippen LogP contribution is 2.39. The molecule has 2 unspecified atom stereocenters. The third-order valence-corrected chi connectivity index (χ3v) is 4.22. The number of carbonyl (C=O) groups excluding carboxylic acids is 1. The molecule has 1 saturated carbocycles. The van der Waals surface area contributed by atoms with Crippen LogP contribution in [0.4, 0.5) is 0 Å². The van der Waals surface area contributed by atoms with Gasteiger partial charge in [-0.15, -0.1) is 0 Å². The summed E-state index contributed by atoms with van der Waals surface area (Å²) in [6, 6.07) is 7.50. The maximum atomic E-state index is 12.4. The number of aliphatic hydroxyl groups excluding tert-OH is 1. The number of benzene rings is 1. The molecule has 0 aromatic heterocycles. The lowest BCUT2D eigenvalue weighted by atomic mass is 9.94. The van der Waals surface area contributed by atoms with Crippen LogP contribution in [0.3, 0.4) is 0 Å². The fourth-order valence-electron chi connectivity index (χ4n) is 2.42. The van der Waals surface area contributed by atoms with Gasteiger partial charge < -0.3 is 15.2 Å².